The Morgan fingerprint density at radius 3 is 2.14 bits per heavy atom. The zero-order valence-corrected chi connectivity index (χ0v) is 10.2. The molecule has 0 aliphatic heterocycles. The van der Waals surface area contributed by atoms with E-state index in [0.29, 0.717) is 6.54 Å². The molecule has 0 aromatic heterocycles. The minimum atomic E-state index is -2.98. The van der Waals surface area contributed by atoms with Crippen molar-refractivity contribution in [3.05, 3.63) is 0 Å². The first-order valence-corrected chi connectivity index (χ1v) is 7.25. The Bertz CT molecular complexity index is 212. The van der Waals surface area contributed by atoms with E-state index in [2.05, 4.69) is 11.6 Å². The highest BCUT2D eigenvalue weighted by atomic mass is 32.2. The molecule has 14 heavy (non-hydrogen) atoms. The van der Waals surface area contributed by atoms with Gasteiger partial charge in [0.2, 0.25) is 10.0 Å². The maximum atomic E-state index is 11.3. The maximum absolute atomic E-state index is 11.3. The lowest BCUT2D eigenvalue weighted by Crippen LogP contribution is -2.27. The van der Waals surface area contributed by atoms with Gasteiger partial charge >= 0.3 is 0 Å². The van der Waals surface area contributed by atoms with Crippen LogP contribution in [0.15, 0.2) is 0 Å². The van der Waals surface area contributed by atoms with Crippen LogP contribution >= 0.6 is 0 Å². The minimum absolute atomic E-state index is 0.275. The largest absolute Gasteiger partial charge is 0.215 e. The van der Waals surface area contributed by atoms with Crippen LogP contribution in [-0.4, -0.2) is 20.7 Å². The molecule has 0 aliphatic rings. The Labute approximate surface area is 88.3 Å². The smallest absolute Gasteiger partial charge is 0.211 e. The fourth-order valence-electron chi connectivity index (χ4n) is 1.19. The number of nitrogens with one attached hydrogen (secondary N) is 1. The van der Waals surface area contributed by atoms with Crippen molar-refractivity contribution in [2.75, 3.05) is 12.3 Å². The van der Waals surface area contributed by atoms with Crippen LogP contribution in [0.4, 0.5) is 0 Å². The molecule has 0 aliphatic carbocycles. The molecule has 0 aromatic carbocycles. The monoisotopic (exact) mass is 221 g/mol. The van der Waals surface area contributed by atoms with Crippen LogP contribution in [0.5, 0.6) is 0 Å². The van der Waals surface area contributed by atoms with Crippen molar-refractivity contribution >= 4 is 10.0 Å². The van der Waals surface area contributed by atoms with E-state index in [9.17, 15) is 8.42 Å². The van der Waals surface area contributed by atoms with Gasteiger partial charge in [0.05, 0.1) is 5.75 Å². The summed E-state index contributed by atoms with van der Waals surface area (Å²) in [7, 11) is -2.98. The Balaban J connectivity index is 3.46. The first-order chi connectivity index (χ1) is 6.62. The molecule has 0 spiro atoms. The standard InChI is InChI=1S/C10H23NO2S/c1-3-5-7-8-9-11-14(12,13)10-6-4-2/h11H,3-10H2,1-2H3. The van der Waals surface area contributed by atoms with E-state index in [0.717, 1.165) is 25.7 Å². The minimum Gasteiger partial charge on any atom is -0.215 e. The Morgan fingerprint density at radius 2 is 1.57 bits per heavy atom. The van der Waals surface area contributed by atoms with Crippen LogP contribution in [0.2, 0.25) is 0 Å². The zero-order chi connectivity index (χ0) is 10.9. The summed E-state index contributed by atoms with van der Waals surface area (Å²) in [6.45, 7) is 4.74. The molecule has 0 aromatic rings. The van der Waals surface area contributed by atoms with Gasteiger partial charge in [0.25, 0.3) is 0 Å². The van der Waals surface area contributed by atoms with Gasteiger partial charge in [-0.25, -0.2) is 13.1 Å². The molecule has 0 atom stereocenters. The van der Waals surface area contributed by atoms with Gasteiger partial charge in [0.1, 0.15) is 0 Å². The van der Waals surface area contributed by atoms with Crippen LogP contribution < -0.4 is 4.72 Å². The number of hydrogen-bond acceptors (Lipinski definition) is 2. The summed E-state index contributed by atoms with van der Waals surface area (Å²) in [6, 6.07) is 0. The molecule has 0 saturated carbocycles. The molecule has 0 bridgehead atoms. The van der Waals surface area contributed by atoms with E-state index in [-0.39, 0.29) is 5.75 Å². The summed E-state index contributed by atoms with van der Waals surface area (Å²) < 4.78 is 25.2. The normalized spacial score (nSPS) is 11.9. The highest BCUT2D eigenvalue weighted by molar-refractivity contribution is 7.89. The molecule has 0 unspecified atom stereocenters. The van der Waals surface area contributed by atoms with Gasteiger partial charge in [-0.05, 0) is 12.8 Å². The van der Waals surface area contributed by atoms with Crippen molar-refractivity contribution in [3.63, 3.8) is 0 Å². The van der Waals surface area contributed by atoms with Crippen LogP contribution in [0.25, 0.3) is 0 Å². The third-order valence-corrected chi connectivity index (χ3v) is 3.59. The van der Waals surface area contributed by atoms with Crippen molar-refractivity contribution in [1.82, 2.24) is 4.72 Å². The van der Waals surface area contributed by atoms with Crippen molar-refractivity contribution < 1.29 is 8.42 Å². The van der Waals surface area contributed by atoms with Crippen molar-refractivity contribution in [2.24, 2.45) is 0 Å². The lowest BCUT2D eigenvalue weighted by atomic mass is 10.2. The molecule has 3 nitrogen and oxygen atoms in total. The van der Waals surface area contributed by atoms with Crippen LogP contribution in [0.3, 0.4) is 0 Å². The molecular weight excluding hydrogens is 198 g/mol. The average molecular weight is 221 g/mol. The topological polar surface area (TPSA) is 46.2 Å². The maximum Gasteiger partial charge on any atom is 0.211 e. The van der Waals surface area contributed by atoms with Crippen molar-refractivity contribution in [2.45, 2.75) is 52.4 Å². The van der Waals surface area contributed by atoms with Crippen LogP contribution in [0.1, 0.15) is 52.4 Å². The van der Waals surface area contributed by atoms with Crippen molar-refractivity contribution in [1.29, 1.82) is 0 Å². The van der Waals surface area contributed by atoms with Gasteiger partial charge in [-0.15, -0.1) is 0 Å². The SMILES string of the molecule is CCCCCCNS(=O)(=O)CCCC. The molecule has 0 radical (unpaired) electrons. The number of sulfonamides is 1. The second kappa shape index (κ2) is 8.24. The van der Waals surface area contributed by atoms with Crippen molar-refractivity contribution in [3.8, 4) is 0 Å². The number of hydrogen-bond donors (Lipinski definition) is 1. The number of unbranched alkanes of at least 4 members (excludes halogenated alkanes) is 4. The third kappa shape index (κ3) is 8.51. The molecule has 0 saturated heterocycles. The number of rotatable bonds is 9. The van der Waals surface area contributed by atoms with E-state index in [4.69, 9.17) is 0 Å². The lowest BCUT2D eigenvalue weighted by molar-refractivity contribution is 0.570. The lowest BCUT2D eigenvalue weighted by Gasteiger charge is -2.05. The molecule has 0 rings (SSSR count). The third-order valence-electron chi connectivity index (χ3n) is 2.12. The fourth-order valence-corrected chi connectivity index (χ4v) is 2.45. The molecular formula is C10H23NO2S. The van der Waals surface area contributed by atoms with Gasteiger partial charge in [0.15, 0.2) is 0 Å². The van der Waals surface area contributed by atoms with Crippen LogP contribution in [0, 0.1) is 0 Å². The van der Waals surface area contributed by atoms with Gasteiger partial charge in [-0.2, -0.15) is 0 Å². The summed E-state index contributed by atoms with van der Waals surface area (Å²) in [5.74, 6) is 0.275. The Morgan fingerprint density at radius 1 is 0.929 bits per heavy atom. The first-order valence-electron chi connectivity index (χ1n) is 5.59. The van der Waals surface area contributed by atoms with E-state index in [1.807, 2.05) is 6.92 Å². The predicted octanol–water partition coefficient (Wildman–Crippen LogP) is 2.29. The summed E-state index contributed by atoms with van der Waals surface area (Å²) in [5.41, 5.74) is 0. The fraction of sp³-hybridized carbons (Fsp3) is 1.00. The summed E-state index contributed by atoms with van der Waals surface area (Å²) >= 11 is 0. The second-order valence-corrected chi connectivity index (χ2v) is 5.55. The van der Waals surface area contributed by atoms with Crippen LogP contribution in [-0.2, 0) is 10.0 Å². The molecule has 86 valence electrons. The van der Waals surface area contributed by atoms with E-state index >= 15 is 0 Å². The Hall–Kier alpha value is -0.0900. The highest BCUT2D eigenvalue weighted by Crippen LogP contribution is 1.99. The first kappa shape index (κ1) is 13.9. The highest BCUT2D eigenvalue weighted by Gasteiger charge is 2.07. The average Bonchev–Trinajstić information content (AvgIpc) is 2.15. The van der Waals surface area contributed by atoms with Gasteiger partial charge < -0.3 is 0 Å². The van der Waals surface area contributed by atoms with E-state index in [1.54, 1.807) is 0 Å². The molecule has 0 heterocycles. The molecule has 0 fully saturated rings. The predicted molar refractivity (Wildman–Crippen MR) is 60.8 cm³/mol. The molecule has 1 N–H and O–H groups in total. The van der Waals surface area contributed by atoms with Gasteiger partial charge in [-0.3, -0.25) is 0 Å². The zero-order valence-electron chi connectivity index (χ0n) is 9.38. The summed E-state index contributed by atoms with van der Waals surface area (Å²) in [5, 5.41) is 0. The summed E-state index contributed by atoms with van der Waals surface area (Å²) in [6.07, 6.45) is 6.13. The van der Waals surface area contributed by atoms with Gasteiger partial charge in [-0.1, -0.05) is 39.5 Å². The second-order valence-electron chi connectivity index (χ2n) is 3.63. The molecule has 4 heteroatoms. The summed E-state index contributed by atoms with van der Waals surface area (Å²) in [4.78, 5) is 0. The quantitative estimate of drug-likeness (QED) is 0.607. The van der Waals surface area contributed by atoms with E-state index in [1.165, 1.54) is 12.8 Å². The van der Waals surface area contributed by atoms with E-state index < -0.39 is 10.0 Å². The Kier molecular flexibility index (Phi) is 8.18. The molecule has 0 amide bonds. The van der Waals surface area contributed by atoms with Gasteiger partial charge in [0, 0.05) is 6.54 Å².